The van der Waals surface area contributed by atoms with E-state index in [-0.39, 0.29) is 5.75 Å². The molecule has 0 aliphatic rings. The molecule has 0 aliphatic heterocycles. The van der Waals surface area contributed by atoms with Gasteiger partial charge < -0.3 is 5.11 Å². The third-order valence-electron chi connectivity index (χ3n) is 2.10. The molecule has 0 fully saturated rings. The summed E-state index contributed by atoms with van der Waals surface area (Å²) in [5.41, 5.74) is 1.19. The molecule has 0 saturated carbocycles. The van der Waals surface area contributed by atoms with Crippen LogP contribution in [0.2, 0.25) is 0 Å². The van der Waals surface area contributed by atoms with E-state index < -0.39 is 0 Å². The van der Waals surface area contributed by atoms with Crippen LogP contribution in [0.15, 0.2) is 53.3 Å². The van der Waals surface area contributed by atoms with Crippen LogP contribution in [0, 0.1) is 0 Å². The van der Waals surface area contributed by atoms with E-state index >= 15 is 0 Å². The van der Waals surface area contributed by atoms with Gasteiger partial charge in [0, 0.05) is 16.1 Å². The molecule has 1 aromatic carbocycles. The van der Waals surface area contributed by atoms with Crippen LogP contribution in [0.1, 0.15) is 5.56 Å². The van der Waals surface area contributed by atoms with Gasteiger partial charge in [-0.05, 0) is 18.2 Å². The summed E-state index contributed by atoms with van der Waals surface area (Å²) in [5.74, 6) is 0.285. The predicted octanol–water partition coefficient (Wildman–Crippen LogP) is 2.49. The van der Waals surface area contributed by atoms with E-state index in [1.54, 1.807) is 12.3 Å². The standard InChI is InChI=1S/C12H10BrNO/c13-11-4-1-3-10(7-11)8-14-6-2-5-12(15)9-14/h1-7,9H,8H2/p+1. The second kappa shape index (κ2) is 4.45. The maximum absolute atomic E-state index is 9.32. The molecule has 76 valence electrons. The Hall–Kier alpha value is -1.35. The molecule has 1 aromatic heterocycles. The molecule has 0 spiro atoms. The van der Waals surface area contributed by atoms with Crippen LogP contribution in [-0.2, 0) is 6.54 Å². The Kier molecular flexibility index (Phi) is 3.02. The van der Waals surface area contributed by atoms with Gasteiger partial charge in [-0.3, -0.25) is 0 Å². The first kappa shape index (κ1) is 10.2. The molecule has 2 rings (SSSR count). The number of rotatable bonds is 2. The van der Waals surface area contributed by atoms with Crippen molar-refractivity contribution in [3.8, 4) is 5.75 Å². The summed E-state index contributed by atoms with van der Waals surface area (Å²) in [5, 5.41) is 9.32. The smallest absolute Gasteiger partial charge is 0.211 e. The highest BCUT2D eigenvalue weighted by molar-refractivity contribution is 9.10. The van der Waals surface area contributed by atoms with Gasteiger partial charge in [0.25, 0.3) is 0 Å². The number of halogens is 1. The summed E-state index contributed by atoms with van der Waals surface area (Å²) in [4.78, 5) is 0. The van der Waals surface area contributed by atoms with Gasteiger partial charge in [0.1, 0.15) is 0 Å². The topological polar surface area (TPSA) is 24.1 Å². The fourth-order valence-electron chi connectivity index (χ4n) is 1.45. The Morgan fingerprint density at radius 1 is 1.20 bits per heavy atom. The normalized spacial score (nSPS) is 10.2. The minimum atomic E-state index is 0.285. The Bertz CT molecular complexity index is 427. The van der Waals surface area contributed by atoms with E-state index in [4.69, 9.17) is 0 Å². The number of aromatic hydroxyl groups is 1. The Balaban J connectivity index is 2.22. The highest BCUT2D eigenvalue weighted by Gasteiger charge is 2.03. The molecule has 0 radical (unpaired) electrons. The number of nitrogens with zero attached hydrogens (tertiary/aromatic N) is 1. The minimum absolute atomic E-state index is 0.285. The monoisotopic (exact) mass is 264 g/mol. The lowest BCUT2D eigenvalue weighted by atomic mass is 10.2. The molecular weight excluding hydrogens is 254 g/mol. The van der Waals surface area contributed by atoms with Gasteiger partial charge in [-0.25, -0.2) is 0 Å². The lowest BCUT2D eigenvalue weighted by Crippen LogP contribution is -2.32. The molecular formula is C12H11BrNO+. The largest absolute Gasteiger partial charge is 0.503 e. The maximum atomic E-state index is 9.32. The highest BCUT2D eigenvalue weighted by atomic mass is 79.9. The first-order chi connectivity index (χ1) is 7.24. The first-order valence-corrected chi connectivity index (χ1v) is 5.46. The quantitative estimate of drug-likeness (QED) is 0.829. The molecule has 2 nitrogen and oxygen atoms in total. The molecule has 3 heteroatoms. The molecule has 0 bridgehead atoms. The van der Waals surface area contributed by atoms with E-state index in [1.807, 2.05) is 29.0 Å². The van der Waals surface area contributed by atoms with Crippen molar-refractivity contribution >= 4 is 15.9 Å². The summed E-state index contributed by atoms with van der Waals surface area (Å²) in [7, 11) is 0. The van der Waals surface area contributed by atoms with Crippen molar-refractivity contribution in [1.29, 1.82) is 0 Å². The summed E-state index contributed by atoms with van der Waals surface area (Å²) in [6.07, 6.45) is 3.64. The Morgan fingerprint density at radius 2 is 2.07 bits per heavy atom. The Morgan fingerprint density at radius 3 is 2.80 bits per heavy atom. The van der Waals surface area contributed by atoms with Gasteiger partial charge in [-0.2, -0.15) is 4.57 Å². The van der Waals surface area contributed by atoms with Crippen molar-refractivity contribution in [2.45, 2.75) is 6.54 Å². The average molecular weight is 265 g/mol. The van der Waals surface area contributed by atoms with E-state index in [0.717, 1.165) is 11.0 Å². The number of hydrogen-bond acceptors (Lipinski definition) is 1. The third-order valence-corrected chi connectivity index (χ3v) is 2.59. The summed E-state index contributed by atoms with van der Waals surface area (Å²) >= 11 is 3.43. The van der Waals surface area contributed by atoms with E-state index in [2.05, 4.69) is 28.1 Å². The van der Waals surface area contributed by atoms with Gasteiger partial charge in [-0.1, -0.05) is 28.1 Å². The molecule has 0 amide bonds. The van der Waals surface area contributed by atoms with E-state index in [9.17, 15) is 5.11 Å². The average Bonchev–Trinajstić information content (AvgIpc) is 2.17. The third kappa shape index (κ3) is 2.80. The fraction of sp³-hybridized carbons (Fsp3) is 0.0833. The maximum Gasteiger partial charge on any atom is 0.211 e. The van der Waals surface area contributed by atoms with E-state index in [0.29, 0.717) is 0 Å². The van der Waals surface area contributed by atoms with Crippen molar-refractivity contribution in [3.63, 3.8) is 0 Å². The van der Waals surface area contributed by atoms with Crippen LogP contribution < -0.4 is 4.57 Å². The van der Waals surface area contributed by atoms with Crippen molar-refractivity contribution in [3.05, 3.63) is 58.8 Å². The van der Waals surface area contributed by atoms with Gasteiger partial charge in [0.05, 0.1) is 0 Å². The van der Waals surface area contributed by atoms with Gasteiger partial charge in [0.2, 0.25) is 6.20 Å². The number of aromatic nitrogens is 1. The summed E-state index contributed by atoms with van der Waals surface area (Å²) in [6, 6.07) is 11.6. The molecule has 0 saturated heterocycles. The molecule has 1 N–H and O–H groups in total. The lowest BCUT2D eigenvalue weighted by Gasteiger charge is -1.98. The summed E-state index contributed by atoms with van der Waals surface area (Å²) < 4.78 is 3.01. The summed E-state index contributed by atoms with van der Waals surface area (Å²) in [6.45, 7) is 0.758. The van der Waals surface area contributed by atoms with Crippen LogP contribution in [0.5, 0.6) is 5.75 Å². The minimum Gasteiger partial charge on any atom is -0.503 e. The van der Waals surface area contributed by atoms with Crippen molar-refractivity contribution in [1.82, 2.24) is 0 Å². The molecule has 15 heavy (non-hydrogen) atoms. The van der Waals surface area contributed by atoms with Crippen molar-refractivity contribution in [2.24, 2.45) is 0 Å². The zero-order valence-corrected chi connectivity index (χ0v) is 9.68. The molecule has 0 aliphatic carbocycles. The second-order valence-corrected chi connectivity index (χ2v) is 4.28. The lowest BCUT2D eigenvalue weighted by molar-refractivity contribution is -0.688. The van der Waals surface area contributed by atoms with Crippen LogP contribution in [0.25, 0.3) is 0 Å². The number of benzene rings is 1. The number of hydrogen-bond donors (Lipinski definition) is 1. The highest BCUT2D eigenvalue weighted by Crippen LogP contribution is 2.11. The Labute approximate surface area is 96.9 Å². The van der Waals surface area contributed by atoms with E-state index in [1.165, 1.54) is 5.56 Å². The van der Waals surface area contributed by atoms with Gasteiger partial charge in [-0.15, -0.1) is 0 Å². The fourth-order valence-corrected chi connectivity index (χ4v) is 1.90. The van der Waals surface area contributed by atoms with Crippen molar-refractivity contribution in [2.75, 3.05) is 0 Å². The van der Waals surface area contributed by atoms with Crippen molar-refractivity contribution < 1.29 is 9.67 Å². The van der Waals surface area contributed by atoms with Gasteiger partial charge >= 0.3 is 0 Å². The molecule has 1 heterocycles. The van der Waals surface area contributed by atoms with Crippen LogP contribution >= 0.6 is 15.9 Å². The van der Waals surface area contributed by atoms with Crippen LogP contribution in [0.3, 0.4) is 0 Å². The zero-order chi connectivity index (χ0) is 10.7. The SMILES string of the molecule is Oc1ccc[n+](Cc2cccc(Br)c2)c1. The first-order valence-electron chi connectivity index (χ1n) is 4.66. The molecule has 0 unspecified atom stereocenters. The molecule has 0 atom stereocenters. The molecule has 2 aromatic rings. The number of pyridine rings is 1. The zero-order valence-electron chi connectivity index (χ0n) is 8.10. The van der Waals surface area contributed by atoms with Crippen LogP contribution in [0.4, 0.5) is 0 Å². The predicted molar refractivity (Wildman–Crippen MR) is 61.5 cm³/mol. The second-order valence-electron chi connectivity index (χ2n) is 3.36. The van der Waals surface area contributed by atoms with Gasteiger partial charge in [0.15, 0.2) is 18.5 Å². The van der Waals surface area contributed by atoms with Crippen LogP contribution in [-0.4, -0.2) is 5.11 Å².